The van der Waals surface area contributed by atoms with Crippen LogP contribution in [0.5, 0.6) is 17.4 Å². The summed E-state index contributed by atoms with van der Waals surface area (Å²) < 4.78 is 10.9. The molecule has 2 heterocycles. The maximum absolute atomic E-state index is 12.5. The van der Waals surface area contributed by atoms with Crippen LogP contribution in [0.4, 0.5) is 5.69 Å². The molecule has 1 aliphatic rings. The molecule has 1 aliphatic heterocycles. The first kappa shape index (κ1) is 21.0. The molecule has 3 aromatic rings. The fourth-order valence-electron chi connectivity index (χ4n) is 3.38. The number of ether oxygens (including phenoxy) is 2. The minimum atomic E-state index is -0.326. The zero-order valence-electron chi connectivity index (χ0n) is 17.4. The van der Waals surface area contributed by atoms with Crippen LogP contribution in [0.25, 0.3) is 0 Å². The summed E-state index contributed by atoms with van der Waals surface area (Å²) in [5.74, 6) is 0.582. The van der Waals surface area contributed by atoms with E-state index in [1.807, 2.05) is 0 Å². The van der Waals surface area contributed by atoms with Gasteiger partial charge in [-0.1, -0.05) is 12.1 Å². The monoisotopic (exact) mass is 431 g/mol. The van der Waals surface area contributed by atoms with E-state index < -0.39 is 0 Å². The maximum atomic E-state index is 12.5. The average molecular weight is 431 g/mol. The first-order valence-electron chi connectivity index (χ1n) is 10.1. The highest BCUT2D eigenvalue weighted by atomic mass is 16.5. The highest BCUT2D eigenvalue weighted by molar-refractivity contribution is 6.21. The fourth-order valence-corrected chi connectivity index (χ4v) is 3.38. The SMILES string of the molecule is COc1ccc(Oc2ncccc2NC(=O)CCCN2C(=O)c3ccccc3C2=O)cc1. The predicted octanol–water partition coefficient (Wildman–Crippen LogP) is 3.90. The van der Waals surface area contributed by atoms with Crippen LogP contribution in [0, 0.1) is 0 Å². The van der Waals surface area contributed by atoms with Gasteiger partial charge in [-0.15, -0.1) is 0 Å². The summed E-state index contributed by atoms with van der Waals surface area (Å²) in [6.07, 6.45) is 2.04. The Hall–Kier alpha value is -4.20. The molecular formula is C24H21N3O5. The van der Waals surface area contributed by atoms with E-state index in [1.54, 1.807) is 74.0 Å². The molecule has 0 aliphatic carbocycles. The van der Waals surface area contributed by atoms with Gasteiger partial charge in [0.1, 0.15) is 17.2 Å². The van der Waals surface area contributed by atoms with Crippen LogP contribution in [0.15, 0.2) is 66.9 Å². The summed E-state index contributed by atoms with van der Waals surface area (Å²) in [7, 11) is 1.58. The number of hydrogen-bond donors (Lipinski definition) is 1. The molecule has 4 rings (SSSR count). The summed E-state index contributed by atoms with van der Waals surface area (Å²) in [6.45, 7) is 0.169. The van der Waals surface area contributed by atoms with Gasteiger partial charge < -0.3 is 14.8 Å². The molecule has 0 radical (unpaired) electrons. The Morgan fingerprint density at radius 2 is 1.59 bits per heavy atom. The van der Waals surface area contributed by atoms with Crippen LogP contribution in [-0.4, -0.2) is 41.3 Å². The molecule has 0 saturated heterocycles. The molecule has 1 aromatic heterocycles. The second-order valence-electron chi connectivity index (χ2n) is 7.09. The van der Waals surface area contributed by atoms with Crippen molar-refractivity contribution in [3.05, 3.63) is 78.0 Å². The maximum Gasteiger partial charge on any atom is 0.261 e. The van der Waals surface area contributed by atoms with Crippen molar-refractivity contribution in [3.8, 4) is 17.4 Å². The van der Waals surface area contributed by atoms with E-state index in [0.29, 0.717) is 34.7 Å². The standard InChI is InChI=1S/C24H21N3O5/c1-31-16-10-12-17(13-11-16)32-22-20(8-4-14-25-22)26-21(28)9-5-15-27-23(29)18-6-2-3-7-19(18)24(27)30/h2-4,6-8,10-14H,5,9,15H2,1H3,(H,26,28). The van der Waals surface area contributed by atoms with Gasteiger partial charge in [-0.25, -0.2) is 4.98 Å². The molecular weight excluding hydrogens is 410 g/mol. The molecule has 0 bridgehead atoms. The minimum absolute atomic E-state index is 0.129. The third-order valence-electron chi connectivity index (χ3n) is 4.98. The number of hydrogen-bond acceptors (Lipinski definition) is 6. The molecule has 32 heavy (non-hydrogen) atoms. The summed E-state index contributed by atoms with van der Waals surface area (Å²) >= 11 is 0. The van der Waals surface area contributed by atoms with Crippen LogP contribution in [0.1, 0.15) is 33.6 Å². The van der Waals surface area contributed by atoms with E-state index in [9.17, 15) is 14.4 Å². The summed E-state index contributed by atoms with van der Waals surface area (Å²) in [5.41, 5.74) is 1.23. The molecule has 0 fully saturated rings. The van der Waals surface area contributed by atoms with Crippen LogP contribution in [-0.2, 0) is 4.79 Å². The van der Waals surface area contributed by atoms with Gasteiger partial charge in [-0.3, -0.25) is 19.3 Å². The molecule has 0 spiro atoms. The molecule has 3 amide bonds. The van der Waals surface area contributed by atoms with Crippen molar-refractivity contribution in [2.75, 3.05) is 19.0 Å². The molecule has 8 nitrogen and oxygen atoms in total. The third kappa shape index (κ3) is 4.44. The first-order valence-corrected chi connectivity index (χ1v) is 10.1. The Kier molecular flexibility index (Phi) is 6.12. The van der Waals surface area contributed by atoms with E-state index in [0.717, 1.165) is 0 Å². The lowest BCUT2D eigenvalue weighted by Crippen LogP contribution is -2.31. The van der Waals surface area contributed by atoms with Gasteiger partial charge in [-0.05, 0) is 55.0 Å². The number of fused-ring (bicyclic) bond motifs is 1. The van der Waals surface area contributed by atoms with Gasteiger partial charge in [0, 0.05) is 19.2 Å². The largest absolute Gasteiger partial charge is 0.497 e. The second-order valence-corrected chi connectivity index (χ2v) is 7.09. The summed E-state index contributed by atoms with van der Waals surface area (Å²) in [6, 6.07) is 17.1. The first-order chi connectivity index (χ1) is 15.6. The lowest BCUT2D eigenvalue weighted by Gasteiger charge is -2.14. The van der Waals surface area contributed by atoms with E-state index in [4.69, 9.17) is 9.47 Å². The molecule has 8 heteroatoms. The third-order valence-corrected chi connectivity index (χ3v) is 4.98. The molecule has 1 N–H and O–H groups in total. The Morgan fingerprint density at radius 1 is 0.938 bits per heavy atom. The van der Waals surface area contributed by atoms with Crippen molar-refractivity contribution < 1.29 is 23.9 Å². The van der Waals surface area contributed by atoms with Gasteiger partial charge >= 0.3 is 0 Å². The lowest BCUT2D eigenvalue weighted by molar-refractivity contribution is -0.116. The van der Waals surface area contributed by atoms with Crippen molar-refractivity contribution in [1.82, 2.24) is 9.88 Å². The summed E-state index contributed by atoms with van der Waals surface area (Å²) in [5, 5.41) is 2.78. The number of pyridine rings is 1. The quantitative estimate of drug-likeness (QED) is 0.544. The zero-order valence-corrected chi connectivity index (χ0v) is 17.4. The van der Waals surface area contributed by atoms with Gasteiger partial charge in [0.05, 0.1) is 18.2 Å². The molecule has 162 valence electrons. The van der Waals surface area contributed by atoms with E-state index >= 15 is 0 Å². The van der Waals surface area contributed by atoms with E-state index in [-0.39, 0.29) is 36.6 Å². The van der Waals surface area contributed by atoms with Crippen molar-refractivity contribution in [3.63, 3.8) is 0 Å². The number of carbonyl (C=O) groups excluding carboxylic acids is 3. The lowest BCUT2D eigenvalue weighted by atomic mass is 10.1. The topological polar surface area (TPSA) is 97.8 Å². The van der Waals surface area contributed by atoms with Crippen LogP contribution >= 0.6 is 0 Å². The number of carbonyl (C=O) groups is 3. The number of imide groups is 1. The van der Waals surface area contributed by atoms with Crippen LogP contribution in [0.2, 0.25) is 0 Å². The number of nitrogens with zero attached hydrogens (tertiary/aromatic N) is 2. The van der Waals surface area contributed by atoms with Crippen molar-refractivity contribution in [2.45, 2.75) is 12.8 Å². The number of benzene rings is 2. The van der Waals surface area contributed by atoms with Gasteiger partial charge in [0.15, 0.2) is 0 Å². The van der Waals surface area contributed by atoms with Crippen molar-refractivity contribution >= 4 is 23.4 Å². The number of rotatable bonds is 8. The van der Waals surface area contributed by atoms with E-state index in [1.165, 1.54) is 4.90 Å². The second kappa shape index (κ2) is 9.30. The normalized spacial score (nSPS) is 12.5. The molecule has 0 atom stereocenters. The van der Waals surface area contributed by atoms with E-state index in [2.05, 4.69) is 10.3 Å². The Bertz CT molecular complexity index is 1130. The Labute approximate surface area is 184 Å². The van der Waals surface area contributed by atoms with Gasteiger partial charge in [-0.2, -0.15) is 0 Å². The number of aromatic nitrogens is 1. The predicted molar refractivity (Wildman–Crippen MR) is 117 cm³/mol. The van der Waals surface area contributed by atoms with Crippen molar-refractivity contribution in [2.24, 2.45) is 0 Å². The molecule has 0 saturated carbocycles. The smallest absolute Gasteiger partial charge is 0.261 e. The fraction of sp³-hybridized carbons (Fsp3) is 0.167. The van der Waals surface area contributed by atoms with Crippen LogP contribution in [0.3, 0.4) is 0 Å². The molecule has 0 unspecified atom stereocenters. The zero-order chi connectivity index (χ0) is 22.5. The van der Waals surface area contributed by atoms with Gasteiger partial charge in [0.2, 0.25) is 11.8 Å². The Morgan fingerprint density at radius 3 is 2.25 bits per heavy atom. The summed E-state index contributed by atoms with van der Waals surface area (Å²) in [4.78, 5) is 42.6. The molecule has 2 aromatic carbocycles. The average Bonchev–Trinajstić information content (AvgIpc) is 3.06. The van der Waals surface area contributed by atoms with Gasteiger partial charge in [0.25, 0.3) is 11.8 Å². The number of amides is 3. The number of methoxy groups -OCH3 is 1. The highest BCUT2D eigenvalue weighted by Gasteiger charge is 2.34. The minimum Gasteiger partial charge on any atom is -0.497 e. The Balaban J connectivity index is 1.33. The number of anilines is 1. The van der Waals surface area contributed by atoms with Crippen molar-refractivity contribution in [1.29, 1.82) is 0 Å². The number of nitrogens with one attached hydrogen (secondary N) is 1. The van der Waals surface area contributed by atoms with Crippen LogP contribution < -0.4 is 14.8 Å². The highest BCUT2D eigenvalue weighted by Crippen LogP contribution is 2.28.